The number of hydrogen-bond acceptors (Lipinski definition) is 4. The van der Waals surface area contributed by atoms with E-state index in [0.717, 1.165) is 27.5 Å². The molecule has 0 radical (unpaired) electrons. The Morgan fingerprint density at radius 3 is 2.89 bits per heavy atom. The van der Waals surface area contributed by atoms with Gasteiger partial charge in [0.05, 0.1) is 12.1 Å². The molecule has 2 rings (SSSR count). The number of nitrogens with one attached hydrogen (secondary N) is 1. The van der Waals surface area contributed by atoms with Gasteiger partial charge < -0.3 is 11.1 Å². The minimum Gasteiger partial charge on any atom is -0.325 e. The van der Waals surface area contributed by atoms with E-state index in [1.165, 1.54) is 11.3 Å². The summed E-state index contributed by atoms with van der Waals surface area (Å²) >= 11 is 1.49. The zero-order valence-corrected chi connectivity index (χ0v) is 11.9. The molecule has 0 spiro atoms. The van der Waals surface area contributed by atoms with E-state index in [-0.39, 0.29) is 12.3 Å². The molecule has 100 valence electrons. The SMILES string of the molecule is Cc1ccc(C)c(NC(=O)Cc2csc(CN)n2)c1. The van der Waals surface area contributed by atoms with Gasteiger partial charge in [0, 0.05) is 17.6 Å². The van der Waals surface area contributed by atoms with Crippen molar-refractivity contribution in [3.05, 3.63) is 45.4 Å². The minimum absolute atomic E-state index is 0.0532. The van der Waals surface area contributed by atoms with E-state index >= 15 is 0 Å². The summed E-state index contributed by atoms with van der Waals surface area (Å²) in [4.78, 5) is 16.2. The largest absolute Gasteiger partial charge is 0.325 e. The lowest BCUT2D eigenvalue weighted by Gasteiger charge is -2.08. The van der Waals surface area contributed by atoms with Crippen LogP contribution >= 0.6 is 11.3 Å². The molecule has 0 fully saturated rings. The first kappa shape index (κ1) is 13.7. The second-order valence-corrected chi connectivity index (χ2v) is 5.42. The van der Waals surface area contributed by atoms with Crippen LogP contribution in [0.4, 0.5) is 5.69 Å². The number of nitrogens with zero attached hydrogens (tertiary/aromatic N) is 1. The van der Waals surface area contributed by atoms with Gasteiger partial charge in [-0.1, -0.05) is 12.1 Å². The maximum absolute atomic E-state index is 12.0. The van der Waals surface area contributed by atoms with E-state index in [9.17, 15) is 4.79 Å². The zero-order chi connectivity index (χ0) is 13.8. The summed E-state index contributed by atoms with van der Waals surface area (Å²) in [6.45, 7) is 4.40. The molecular weight excluding hydrogens is 258 g/mol. The van der Waals surface area contributed by atoms with Crippen LogP contribution in [0.5, 0.6) is 0 Å². The predicted octanol–water partition coefficient (Wildman–Crippen LogP) is 2.40. The fraction of sp³-hybridized carbons (Fsp3) is 0.286. The molecule has 4 nitrogen and oxygen atoms in total. The van der Waals surface area contributed by atoms with Crippen molar-refractivity contribution in [3.63, 3.8) is 0 Å². The number of rotatable bonds is 4. The maximum atomic E-state index is 12.0. The molecule has 1 aromatic heterocycles. The molecule has 0 saturated carbocycles. The number of aromatic nitrogens is 1. The number of aryl methyl sites for hydroxylation is 2. The molecule has 3 N–H and O–H groups in total. The number of amides is 1. The third-order valence-corrected chi connectivity index (χ3v) is 3.70. The summed E-state index contributed by atoms with van der Waals surface area (Å²) in [6.07, 6.45) is 0.282. The molecule has 0 atom stereocenters. The van der Waals surface area contributed by atoms with Gasteiger partial charge in [-0.25, -0.2) is 4.98 Å². The first-order valence-corrected chi connectivity index (χ1v) is 6.97. The summed E-state index contributed by atoms with van der Waals surface area (Å²) in [5.74, 6) is -0.0532. The van der Waals surface area contributed by atoms with E-state index < -0.39 is 0 Å². The molecule has 1 amide bonds. The van der Waals surface area contributed by atoms with Crippen LogP contribution in [0.1, 0.15) is 21.8 Å². The summed E-state index contributed by atoms with van der Waals surface area (Å²) in [5, 5.41) is 5.66. The molecule has 5 heteroatoms. The third kappa shape index (κ3) is 3.62. The Hall–Kier alpha value is -1.72. The van der Waals surface area contributed by atoms with Crippen LogP contribution in [0.2, 0.25) is 0 Å². The Labute approximate surface area is 116 Å². The van der Waals surface area contributed by atoms with Gasteiger partial charge in [0.1, 0.15) is 5.01 Å². The van der Waals surface area contributed by atoms with Crippen molar-refractivity contribution in [1.29, 1.82) is 0 Å². The Bertz CT molecular complexity index is 592. The van der Waals surface area contributed by atoms with Crippen LogP contribution in [0.25, 0.3) is 0 Å². The standard InChI is InChI=1S/C14H17N3OS/c1-9-3-4-10(2)12(5-9)17-13(18)6-11-8-19-14(7-15)16-11/h3-5,8H,6-7,15H2,1-2H3,(H,17,18). The highest BCUT2D eigenvalue weighted by Crippen LogP contribution is 2.17. The number of anilines is 1. The van der Waals surface area contributed by atoms with E-state index in [4.69, 9.17) is 5.73 Å². The average Bonchev–Trinajstić information content (AvgIpc) is 2.81. The molecule has 0 unspecified atom stereocenters. The lowest BCUT2D eigenvalue weighted by molar-refractivity contribution is -0.115. The number of thiazole rings is 1. The quantitative estimate of drug-likeness (QED) is 0.900. The normalized spacial score (nSPS) is 10.5. The Morgan fingerprint density at radius 1 is 1.42 bits per heavy atom. The highest BCUT2D eigenvalue weighted by Gasteiger charge is 2.09. The van der Waals surface area contributed by atoms with E-state index in [0.29, 0.717) is 6.54 Å². The molecule has 1 aromatic carbocycles. The summed E-state index contributed by atoms with van der Waals surface area (Å²) in [5.41, 5.74) is 9.31. The summed E-state index contributed by atoms with van der Waals surface area (Å²) < 4.78 is 0. The molecule has 0 bridgehead atoms. The van der Waals surface area contributed by atoms with Gasteiger partial charge in [0.15, 0.2) is 0 Å². The van der Waals surface area contributed by atoms with Crippen LogP contribution < -0.4 is 11.1 Å². The van der Waals surface area contributed by atoms with Crippen LogP contribution in [0, 0.1) is 13.8 Å². The van der Waals surface area contributed by atoms with E-state index in [2.05, 4.69) is 10.3 Å². The van der Waals surface area contributed by atoms with Gasteiger partial charge in [-0.3, -0.25) is 4.79 Å². The maximum Gasteiger partial charge on any atom is 0.230 e. The number of hydrogen-bond donors (Lipinski definition) is 2. The summed E-state index contributed by atoms with van der Waals surface area (Å²) in [7, 11) is 0. The lowest BCUT2D eigenvalue weighted by Crippen LogP contribution is -2.15. The molecule has 0 aliphatic carbocycles. The minimum atomic E-state index is -0.0532. The topological polar surface area (TPSA) is 68.0 Å². The second kappa shape index (κ2) is 5.95. The molecule has 0 saturated heterocycles. The molecular formula is C14H17N3OS. The Morgan fingerprint density at radius 2 is 2.21 bits per heavy atom. The smallest absolute Gasteiger partial charge is 0.230 e. The van der Waals surface area contributed by atoms with Crippen molar-refractivity contribution in [3.8, 4) is 0 Å². The van der Waals surface area contributed by atoms with Crippen LogP contribution in [0.3, 0.4) is 0 Å². The second-order valence-electron chi connectivity index (χ2n) is 4.48. The van der Waals surface area contributed by atoms with Gasteiger partial charge >= 0.3 is 0 Å². The van der Waals surface area contributed by atoms with Crippen molar-refractivity contribution in [2.45, 2.75) is 26.8 Å². The van der Waals surface area contributed by atoms with Crippen LogP contribution in [-0.4, -0.2) is 10.9 Å². The third-order valence-electron chi connectivity index (χ3n) is 2.78. The number of benzene rings is 1. The van der Waals surface area contributed by atoms with Crippen molar-refractivity contribution in [2.24, 2.45) is 5.73 Å². The highest BCUT2D eigenvalue weighted by molar-refractivity contribution is 7.09. The van der Waals surface area contributed by atoms with Crippen molar-refractivity contribution in [2.75, 3.05) is 5.32 Å². The van der Waals surface area contributed by atoms with Crippen LogP contribution in [-0.2, 0) is 17.8 Å². The monoisotopic (exact) mass is 275 g/mol. The number of carbonyl (C=O) groups excluding carboxylic acids is 1. The molecule has 2 aromatic rings. The lowest BCUT2D eigenvalue weighted by atomic mass is 10.1. The highest BCUT2D eigenvalue weighted by atomic mass is 32.1. The first-order valence-electron chi connectivity index (χ1n) is 6.09. The van der Waals surface area contributed by atoms with Crippen molar-refractivity contribution < 1.29 is 4.79 Å². The van der Waals surface area contributed by atoms with Gasteiger partial charge in [0.2, 0.25) is 5.91 Å². The van der Waals surface area contributed by atoms with Crippen molar-refractivity contribution in [1.82, 2.24) is 4.98 Å². The van der Waals surface area contributed by atoms with E-state index in [1.54, 1.807) is 0 Å². The number of carbonyl (C=O) groups is 1. The van der Waals surface area contributed by atoms with Crippen LogP contribution in [0.15, 0.2) is 23.6 Å². The van der Waals surface area contributed by atoms with Gasteiger partial charge in [-0.15, -0.1) is 11.3 Å². The van der Waals surface area contributed by atoms with Gasteiger partial charge in [-0.2, -0.15) is 0 Å². The molecule has 0 aliphatic rings. The first-order chi connectivity index (χ1) is 9.08. The van der Waals surface area contributed by atoms with Gasteiger partial charge in [-0.05, 0) is 31.0 Å². The fourth-order valence-corrected chi connectivity index (χ4v) is 2.43. The molecule has 1 heterocycles. The summed E-state index contributed by atoms with van der Waals surface area (Å²) in [6, 6.07) is 6.00. The number of nitrogens with two attached hydrogens (primary N) is 1. The Kier molecular flexibility index (Phi) is 4.29. The molecule has 19 heavy (non-hydrogen) atoms. The van der Waals surface area contributed by atoms with Crippen molar-refractivity contribution >= 4 is 22.9 Å². The predicted molar refractivity (Wildman–Crippen MR) is 78.3 cm³/mol. The van der Waals surface area contributed by atoms with Gasteiger partial charge in [0.25, 0.3) is 0 Å². The Balaban J connectivity index is 2.03. The van der Waals surface area contributed by atoms with E-state index in [1.807, 2.05) is 37.4 Å². The molecule has 0 aliphatic heterocycles. The fourth-order valence-electron chi connectivity index (χ4n) is 1.75. The zero-order valence-electron chi connectivity index (χ0n) is 11.1. The average molecular weight is 275 g/mol.